The van der Waals surface area contributed by atoms with E-state index in [1.54, 1.807) is 0 Å². The molecule has 1 heterocycles. The molecule has 0 saturated heterocycles. The number of nitrogens with two attached hydrogens (primary N) is 1. The van der Waals surface area contributed by atoms with E-state index in [9.17, 15) is 4.79 Å². The van der Waals surface area contributed by atoms with Crippen molar-refractivity contribution in [3.05, 3.63) is 22.6 Å². The molecule has 0 amide bonds. The van der Waals surface area contributed by atoms with E-state index in [-0.39, 0.29) is 5.76 Å². The Morgan fingerprint density at radius 3 is 2.36 bits per heavy atom. The van der Waals surface area contributed by atoms with E-state index in [4.69, 9.17) is 5.11 Å². The largest absolute Gasteiger partial charge is 0.475 e. The molecule has 0 spiro atoms. The number of hydrogen-bond donors (Lipinski definition) is 2. The van der Waals surface area contributed by atoms with Crippen LogP contribution in [0.1, 0.15) is 10.6 Å². The predicted octanol–water partition coefficient (Wildman–Crippen LogP) is 1.32. The number of hydrogen-bond acceptors (Lipinski definition) is 3. The normalized spacial score (nSPS) is 8.27. The highest BCUT2D eigenvalue weighted by Gasteiger charge is 2.05. The lowest BCUT2D eigenvalue weighted by Crippen LogP contribution is -1.91. The zero-order valence-electron chi connectivity index (χ0n) is 5.87. The summed E-state index contributed by atoms with van der Waals surface area (Å²) >= 11 is 2.97. The van der Waals surface area contributed by atoms with Crippen LogP contribution in [0.2, 0.25) is 0 Å². The highest BCUT2D eigenvalue weighted by Crippen LogP contribution is 2.13. The Hall–Kier alpha value is -0.810. The second-order valence-electron chi connectivity index (χ2n) is 1.41. The minimum absolute atomic E-state index is 0.0538. The van der Waals surface area contributed by atoms with Crippen molar-refractivity contribution >= 4 is 21.9 Å². The lowest BCUT2D eigenvalue weighted by atomic mass is 10.5. The first-order valence-electron chi connectivity index (χ1n) is 2.76. The fraction of sp³-hybridized carbons (Fsp3) is 0.167. The number of aromatic carboxylic acids is 1. The number of carboxylic acids is 1. The highest BCUT2D eigenvalue weighted by atomic mass is 79.9. The third kappa shape index (κ3) is 3.20. The van der Waals surface area contributed by atoms with Crippen LogP contribution in [0.3, 0.4) is 0 Å². The van der Waals surface area contributed by atoms with E-state index in [2.05, 4.69) is 26.1 Å². The Labute approximate surface area is 72.1 Å². The summed E-state index contributed by atoms with van der Waals surface area (Å²) in [6, 6.07) is 2.91. The summed E-state index contributed by atoms with van der Waals surface area (Å²) in [7, 11) is 1.50. The summed E-state index contributed by atoms with van der Waals surface area (Å²) in [4.78, 5) is 10.1. The third-order valence-electron chi connectivity index (χ3n) is 0.784. The fourth-order valence-electron chi connectivity index (χ4n) is 0.429. The predicted molar refractivity (Wildman–Crippen MR) is 43.5 cm³/mol. The molecule has 0 aromatic carbocycles. The van der Waals surface area contributed by atoms with E-state index in [1.807, 2.05) is 0 Å². The molecular formula is C6H8BrNO3. The number of furan rings is 1. The standard InChI is InChI=1S/C5H3BrO3.CH5N/c6-4-2-1-3(9-4)5(7)8;1-2/h1-2H,(H,7,8);2H2,1H3. The summed E-state index contributed by atoms with van der Waals surface area (Å²) < 4.78 is 5.09. The van der Waals surface area contributed by atoms with Crippen LogP contribution in [0.15, 0.2) is 21.2 Å². The molecule has 0 fully saturated rings. The van der Waals surface area contributed by atoms with Gasteiger partial charge in [0.2, 0.25) is 5.76 Å². The van der Waals surface area contributed by atoms with Gasteiger partial charge in [0.05, 0.1) is 0 Å². The molecule has 0 aliphatic heterocycles. The van der Waals surface area contributed by atoms with Crippen LogP contribution in [-0.2, 0) is 0 Å². The van der Waals surface area contributed by atoms with Crippen molar-refractivity contribution in [1.82, 2.24) is 0 Å². The maximum Gasteiger partial charge on any atom is 0.371 e. The monoisotopic (exact) mass is 221 g/mol. The van der Waals surface area contributed by atoms with Gasteiger partial charge in [-0.1, -0.05) is 0 Å². The van der Waals surface area contributed by atoms with Crippen molar-refractivity contribution in [1.29, 1.82) is 0 Å². The van der Waals surface area contributed by atoms with Gasteiger partial charge in [-0.15, -0.1) is 0 Å². The van der Waals surface area contributed by atoms with Crippen molar-refractivity contribution in [2.75, 3.05) is 7.05 Å². The average molecular weight is 222 g/mol. The Kier molecular flexibility index (Phi) is 4.56. The second kappa shape index (κ2) is 4.92. The molecule has 0 aliphatic rings. The van der Waals surface area contributed by atoms with Crippen LogP contribution in [0.25, 0.3) is 0 Å². The first-order valence-corrected chi connectivity index (χ1v) is 3.56. The summed E-state index contributed by atoms with van der Waals surface area (Å²) in [5, 5.41) is 8.28. The Balaban J connectivity index is 0.000000461. The first-order chi connectivity index (χ1) is 5.20. The summed E-state index contributed by atoms with van der Waals surface area (Å²) in [5.41, 5.74) is 4.50. The minimum atomic E-state index is -1.05. The maximum absolute atomic E-state index is 10.1. The molecule has 1 aromatic heterocycles. The number of rotatable bonds is 1. The quantitative estimate of drug-likeness (QED) is 0.750. The number of carboxylic acid groups (broad SMARTS) is 1. The molecule has 0 saturated carbocycles. The Bertz CT molecular complexity index is 233. The van der Waals surface area contributed by atoms with Crippen LogP contribution in [-0.4, -0.2) is 18.1 Å². The van der Waals surface area contributed by atoms with Crippen molar-refractivity contribution in [2.45, 2.75) is 0 Å². The van der Waals surface area contributed by atoms with E-state index >= 15 is 0 Å². The zero-order valence-corrected chi connectivity index (χ0v) is 7.46. The van der Waals surface area contributed by atoms with Crippen molar-refractivity contribution in [2.24, 2.45) is 5.73 Å². The van der Waals surface area contributed by atoms with E-state index in [0.29, 0.717) is 4.67 Å². The molecule has 0 atom stereocenters. The van der Waals surface area contributed by atoms with Crippen molar-refractivity contribution in [3.63, 3.8) is 0 Å². The Morgan fingerprint density at radius 2 is 2.18 bits per heavy atom. The summed E-state index contributed by atoms with van der Waals surface area (Å²) in [5.74, 6) is -1.11. The van der Waals surface area contributed by atoms with Gasteiger partial charge in [0.25, 0.3) is 0 Å². The van der Waals surface area contributed by atoms with E-state index in [0.717, 1.165) is 0 Å². The van der Waals surface area contributed by atoms with Crippen LogP contribution in [0.5, 0.6) is 0 Å². The van der Waals surface area contributed by atoms with Gasteiger partial charge in [-0.25, -0.2) is 4.79 Å². The summed E-state index contributed by atoms with van der Waals surface area (Å²) in [6.07, 6.45) is 0. The minimum Gasteiger partial charge on any atom is -0.475 e. The molecular weight excluding hydrogens is 214 g/mol. The molecule has 5 heteroatoms. The molecule has 62 valence electrons. The van der Waals surface area contributed by atoms with Crippen LogP contribution < -0.4 is 5.73 Å². The molecule has 3 N–H and O–H groups in total. The van der Waals surface area contributed by atoms with Gasteiger partial charge in [-0.3, -0.25) is 0 Å². The first kappa shape index (κ1) is 10.2. The number of halogens is 1. The van der Waals surface area contributed by atoms with Gasteiger partial charge in [-0.2, -0.15) is 0 Å². The van der Waals surface area contributed by atoms with E-state index < -0.39 is 5.97 Å². The number of carbonyl (C=O) groups is 1. The molecule has 0 unspecified atom stereocenters. The van der Waals surface area contributed by atoms with Crippen LogP contribution in [0.4, 0.5) is 0 Å². The lowest BCUT2D eigenvalue weighted by molar-refractivity contribution is 0.0661. The van der Waals surface area contributed by atoms with Gasteiger partial charge in [0.15, 0.2) is 4.67 Å². The van der Waals surface area contributed by atoms with Gasteiger partial charge < -0.3 is 15.3 Å². The smallest absolute Gasteiger partial charge is 0.371 e. The summed E-state index contributed by atoms with van der Waals surface area (Å²) in [6.45, 7) is 0. The molecule has 0 radical (unpaired) electrons. The van der Waals surface area contributed by atoms with Gasteiger partial charge >= 0.3 is 5.97 Å². The van der Waals surface area contributed by atoms with Crippen molar-refractivity contribution in [3.8, 4) is 0 Å². The molecule has 0 aliphatic carbocycles. The van der Waals surface area contributed by atoms with Gasteiger partial charge in [0.1, 0.15) is 0 Å². The second-order valence-corrected chi connectivity index (χ2v) is 2.19. The molecule has 1 aromatic rings. The van der Waals surface area contributed by atoms with Crippen molar-refractivity contribution < 1.29 is 14.3 Å². The molecule has 11 heavy (non-hydrogen) atoms. The van der Waals surface area contributed by atoms with Crippen LogP contribution in [0, 0.1) is 0 Å². The Morgan fingerprint density at radius 1 is 1.64 bits per heavy atom. The van der Waals surface area contributed by atoms with Crippen LogP contribution >= 0.6 is 15.9 Å². The van der Waals surface area contributed by atoms with Gasteiger partial charge in [-0.05, 0) is 35.1 Å². The maximum atomic E-state index is 10.1. The lowest BCUT2D eigenvalue weighted by Gasteiger charge is -1.81. The molecule has 4 nitrogen and oxygen atoms in total. The third-order valence-corrected chi connectivity index (χ3v) is 1.21. The fourth-order valence-corrected chi connectivity index (χ4v) is 0.736. The van der Waals surface area contributed by atoms with Gasteiger partial charge in [0, 0.05) is 0 Å². The zero-order chi connectivity index (χ0) is 8.85. The molecule has 1 rings (SSSR count). The average Bonchev–Trinajstić information content (AvgIpc) is 2.40. The molecule has 0 bridgehead atoms. The topological polar surface area (TPSA) is 76.5 Å². The SMILES string of the molecule is CN.O=C(O)c1ccc(Br)o1. The highest BCUT2D eigenvalue weighted by molar-refractivity contribution is 9.10. The van der Waals surface area contributed by atoms with E-state index in [1.165, 1.54) is 19.2 Å².